The zero-order valence-electron chi connectivity index (χ0n) is 14.3. The van der Waals surface area contributed by atoms with Crippen molar-refractivity contribution in [3.05, 3.63) is 30.2 Å². The molecule has 0 bridgehead atoms. The van der Waals surface area contributed by atoms with Gasteiger partial charge in [-0.25, -0.2) is 9.67 Å². The van der Waals surface area contributed by atoms with Crippen LogP contribution in [0.15, 0.2) is 24.5 Å². The Balaban J connectivity index is 1.35. The van der Waals surface area contributed by atoms with Crippen molar-refractivity contribution in [1.82, 2.24) is 25.3 Å². The second kappa shape index (κ2) is 7.20. The molecule has 3 heterocycles. The fourth-order valence-electron chi connectivity index (χ4n) is 2.94. The van der Waals surface area contributed by atoms with Gasteiger partial charge in [0.2, 0.25) is 5.91 Å². The molecule has 0 atom stereocenters. The van der Waals surface area contributed by atoms with Gasteiger partial charge in [-0.2, -0.15) is 0 Å². The van der Waals surface area contributed by atoms with Gasteiger partial charge >= 0.3 is 0 Å². The van der Waals surface area contributed by atoms with Crippen LogP contribution in [0, 0.1) is 5.92 Å². The average molecular weight is 355 g/mol. The first-order valence-electron chi connectivity index (χ1n) is 8.90. The molecule has 2 fully saturated rings. The van der Waals surface area contributed by atoms with Crippen LogP contribution in [0.1, 0.15) is 42.2 Å². The molecule has 0 unspecified atom stereocenters. The van der Waals surface area contributed by atoms with Gasteiger partial charge in [-0.05, 0) is 50.9 Å². The highest BCUT2D eigenvalue weighted by Crippen LogP contribution is 2.30. The largest absolute Gasteiger partial charge is 0.319 e. The third-order valence-electron chi connectivity index (χ3n) is 4.65. The molecule has 4 rings (SSSR count). The lowest BCUT2D eigenvalue weighted by Crippen LogP contribution is -2.29. The van der Waals surface area contributed by atoms with Crippen LogP contribution in [0.3, 0.4) is 0 Å². The van der Waals surface area contributed by atoms with Crippen molar-refractivity contribution >= 4 is 23.3 Å². The predicted octanol–water partition coefficient (Wildman–Crippen LogP) is 1.20. The van der Waals surface area contributed by atoms with E-state index < -0.39 is 0 Å². The second-order valence-electron chi connectivity index (χ2n) is 6.71. The fraction of sp³-hybridized carbons (Fsp3) is 0.471. The number of carbonyl (C=O) groups is 2. The molecule has 26 heavy (non-hydrogen) atoms. The van der Waals surface area contributed by atoms with Crippen LogP contribution in [0.25, 0.3) is 0 Å². The van der Waals surface area contributed by atoms with Crippen molar-refractivity contribution in [2.45, 2.75) is 31.7 Å². The Bertz CT molecular complexity index is 792. The molecule has 2 amide bonds. The number of nitrogens with zero attached hydrogens (tertiary/aromatic N) is 4. The predicted molar refractivity (Wildman–Crippen MR) is 94.7 cm³/mol. The first-order chi connectivity index (χ1) is 12.7. The van der Waals surface area contributed by atoms with Gasteiger partial charge in [0.05, 0.1) is 24.1 Å². The lowest BCUT2D eigenvalue weighted by Gasteiger charge is -2.22. The van der Waals surface area contributed by atoms with Gasteiger partial charge in [-0.1, -0.05) is 5.21 Å². The summed E-state index contributed by atoms with van der Waals surface area (Å²) in [6.45, 7) is 1.89. The van der Waals surface area contributed by atoms with Crippen molar-refractivity contribution in [2.75, 3.05) is 23.7 Å². The number of anilines is 2. The molecule has 0 aromatic carbocycles. The standard InChI is InChI=1S/C17H21N7O2/c25-16(11-1-2-11)21-15-4-3-12(9-19-15)20-17(26)14-10-24(23-22-14)13-5-7-18-8-6-13/h3-4,9-11,13,18H,1-2,5-8H2,(H,20,26)(H,19,21,25). The normalized spacial score (nSPS) is 17.7. The smallest absolute Gasteiger partial charge is 0.277 e. The molecule has 2 aromatic rings. The number of aromatic nitrogens is 4. The Morgan fingerprint density at radius 3 is 2.62 bits per heavy atom. The van der Waals surface area contributed by atoms with Crippen molar-refractivity contribution in [2.24, 2.45) is 5.92 Å². The lowest BCUT2D eigenvalue weighted by atomic mass is 10.1. The van der Waals surface area contributed by atoms with Gasteiger partial charge in [0.1, 0.15) is 5.82 Å². The maximum atomic E-state index is 12.3. The Labute approximate surface area is 150 Å². The van der Waals surface area contributed by atoms with E-state index in [2.05, 4.69) is 31.2 Å². The van der Waals surface area contributed by atoms with E-state index in [1.165, 1.54) is 6.20 Å². The van der Waals surface area contributed by atoms with Crippen molar-refractivity contribution in [3.63, 3.8) is 0 Å². The van der Waals surface area contributed by atoms with E-state index in [-0.39, 0.29) is 29.5 Å². The van der Waals surface area contributed by atoms with Crippen LogP contribution in [-0.2, 0) is 4.79 Å². The molecule has 0 radical (unpaired) electrons. The molecule has 136 valence electrons. The van der Waals surface area contributed by atoms with Crippen LogP contribution < -0.4 is 16.0 Å². The summed E-state index contributed by atoms with van der Waals surface area (Å²) in [6.07, 6.45) is 7.03. The van der Waals surface area contributed by atoms with Gasteiger partial charge in [0, 0.05) is 5.92 Å². The fourth-order valence-corrected chi connectivity index (χ4v) is 2.94. The number of piperidine rings is 1. The highest BCUT2D eigenvalue weighted by atomic mass is 16.2. The molecule has 2 aliphatic rings. The van der Waals surface area contributed by atoms with Gasteiger partial charge in [0.15, 0.2) is 5.69 Å². The summed E-state index contributed by atoms with van der Waals surface area (Å²) in [6, 6.07) is 3.65. The SMILES string of the molecule is O=C(Nc1ccc(NC(=O)C2CC2)nc1)c1cn(C2CCNCC2)nn1. The average Bonchev–Trinajstić information content (AvgIpc) is 3.41. The van der Waals surface area contributed by atoms with Crippen LogP contribution in [0.2, 0.25) is 0 Å². The quantitative estimate of drug-likeness (QED) is 0.743. The molecular weight excluding hydrogens is 334 g/mol. The van der Waals surface area contributed by atoms with Crippen LogP contribution >= 0.6 is 0 Å². The molecule has 3 N–H and O–H groups in total. The molecule has 0 spiro atoms. The van der Waals surface area contributed by atoms with Crippen molar-refractivity contribution in [3.8, 4) is 0 Å². The molecular formula is C17H21N7O2. The first-order valence-corrected chi connectivity index (χ1v) is 8.90. The molecule has 9 heteroatoms. The summed E-state index contributed by atoms with van der Waals surface area (Å²) in [5.74, 6) is 0.279. The second-order valence-corrected chi connectivity index (χ2v) is 6.71. The van der Waals surface area contributed by atoms with Crippen molar-refractivity contribution < 1.29 is 9.59 Å². The summed E-state index contributed by atoms with van der Waals surface area (Å²) in [5.41, 5.74) is 0.811. The van der Waals surface area contributed by atoms with E-state index in [1.807, 2.05) is 0 Å². The molecule has 9 nitrogen and oxygen atoms in total. The Kier molecular flexibility index (Phi) is 4.61. The minimum Gasteiger partial charge on any atom is -0.319 e. The van der Waals surface area contributed by atoms with E-state index in [9.17, 15) is 9.59 Å². The molecule has 1 saturated carbocycles. The van der Waals surface area contributed by atoms with Gasteiger partial charge in [0.25, 0.3) is 5.91 Å². The summed E-state index contributed by atoms with van der Waals surface area (Å²) < 4.78 is 1.77. The minimum atomic E-state index is -0.332. The van der Waals surface area contributed by atoms with Crippen LogP contribution in [0.5, 0.6) is 0 Å². The lowest BCUT2D eigenvalue weighted by molar-refractivity contribution is -0.117. The number of rotatable bonds is 5. The van der Waals surface area contributed by atoms with Crippen molar-refractivity contribution in [1.29, 1.82) is 0 Å². The number of carbonyl (C=O) groups excluding carboxylic acids is 2. The summed E-state index contributed by atoms with van der Waals surface area (Å²) >= 11 is 0. The van der Waals surface area contributed by atoms with E-state index in [4.69, 9.17) is 0 Å². The summed E-state index contributed by atoms with van der Waals surface area (Å²) in [4.78, 5) is 28.2. The van der Waals surface area contributed by atoms with E-state index >= 15 is 0 Å². The molecule has 1 aliphatic heterocycles. The zero-order chi connectivity index (χ0) is 17.9. The third-order valence-corrected chi connectivity index (χ3v) is 4.65. The van der Waals surface area contributed by atoms with E-state index in [0.717, 1.165) is 38.8 Å². The monoisotopic (exact) mass is 355 g/mol. The third kappa shape index (κ3) is 3.88. The molecule has 1 aliphatic carbocycles. The molecule has 2 aromatic heterocycles. The Morgan fingerprint density at radius 1 is 1.12 bits per heavy atom. The highest BCUT2D eigenvalue weighted by Gasteiger charge is 2.29. The minimum absolute atomic E-state index is 0.00353. The molecule has 1 saturated heterocycles. The number of hydrogen-bond acceptors (Lipinski definition) is 6. The number of hydrogen-bond donors (Lipinski definition) is 3. The highest BCUT2D eigenvalue weighted by molar-refractivity contribution is 6.02. The summed E-state index contributed by atoms with van der Waals surface area (Å²) in [5, 5.41) is 16.9. The van der Waals surface area contributed by atoms with Crippen LogP contribution in [-0.4, -0.2) is 44.9 Å². The maximum Gasteiger partial charge on any atom is 0.277 e. The van der Waals surface area contributed by atoms with E-state index in [1.54, 1.807) is 23.0 Å². The first kappa shape index (κ1) is 16.6. The van der Waals surface area contributed by atoms with Gasteiger partial charge < -0.3 is 16.0 Å². The Morgan fingerprint density at radius 2 is 1.92 bits per heavy atom. The number of pyridine rings is 1. The van der Waals surface area contributed by atoms with Crippen LogP contribution in [0.4, 0.5) is 11.5 Å². The maximum absolute atomic E-state index is 12.3. The zero-order valence-corrected chi connectivity index (χ0v) is 14.3. The Hall–Kier alpha value is -2.81. The topological polar surface area (TPSA) is 114 Å². The van der Waals surface area contributed by atoms with Gasteiger partial charge in [-0.3, -0.25) is 9.59 Å². The number of amides is 2. The van der Waals surface area contributed by atoms with E-state index in [0.29, 0.717) is 11.5 Å². The summed E-state index contributed by atoms with van der Waals surface area (Å²) in [7, 11) is 0. The number of nitrogens with one attached hydrogen (secondary N) is 3. The van der Waals surface area contributed by atoms with Gasteiger partial charge in [-0.15, -0.1) is 5.10 Å².